The monoisotopic (exact) mass is 356 g/mol. The molecule has 0 aromatic heterocycles. The van der Waals surface area contributed by atoms with Gasteiger partial charge in [-0.15, -0.1) is 0 Å². The van der Waals surface area contributed by atoms with E-state index >= 15 is 0 Å². The smallest absolute Gasteiger partial charge is 0.309 e. The minimum atomic E-state index is -0.989. The first-order valence-electron chi connectivity index (χ1n) is 10.6. The van der Waals surface area contributed by atoms with Gasteiger partial charge in [-0.1, -0.05) is 85.5 Å². The molecule has 0 spiro atoms. The molecule has 0 saturated heterocycles. The van der Waals surface area contributed by atoms with E-state index in [9.17, 15) is 9.90 Å². The van der Waals surface area contributed by atoms with Gasteiger partial charge in [-0.05, 0) is 32.6 Å². The van der Waals surface area contributed by atoms with Gasteiger partial charge in [-0.25, -0.2) is 0 Å². The van der Waals surface area contributed by atoms with Crippen molar-refractivity contribution >= 4 is 5.97 Å². The number of hydrogen-bond acceptors (Lipinski definition) is 3. The second-order valence-electron chi connectivity index (χ2n) is 8.73. The third-order valence-corrected chi connectivity index (χ3v) is 4.87. The Morgan fingerprint density at radius 2 is 1.40 bits per heavy atom. The van der Waals surface area contributed by atoms with Crippen molar-refractivity contribution in [2.75, 3.05) is 0 Å². The number of hydrogen-bond donors (Lipinski definition) is 1. The zero-order valence-corrected chi connectivity index (χ0v) is 17.8. The maximum absolute atomic E-state index is 12.3. The first-order chi connectivity index (χ1) is 11.7. The summed E-state index contributed by atoms with van der Waals surface area (Å²) in [5.74, 6) is 0.144. The largest absolute Gasteiger partial charge is 0.459 e. The Morgan fingerprint density at radius 1 is 0.920 bits per heavy atom. The van der Waals surface area contributed by atoms with Gasteiger partial charge in [0, 0.05) is 0 Å². The summed E-state index contributed by atoms with van der Waals surface area (Å²) in [5, 5.41) is 10.2. The van der Waals surface area contributed by atoms with Crippen LogP contribution in [0.15, 0.2) is 0 Å². The SMILES string of the molecule is CCCCCCCCCCCC(C)C(=O)OC(CC(C)C)C(C)(C)O. The number of esters is 1. The van der Waals surface area contributed by atoms with E-state index in [1.54, 1.807) is 13.8 Å². The lowest BCUT2D eigenvalue weighted by atomic mass is 9.93. The standard InChI is InChI=1S/C22H44O3/c1-7-8-9-10-11-12-13-14-15-16-19(4)21(23)25-20(17-18(2)3)22(5,6)24/h18-20,24H,7-17H2,1-6H3. The van der Waals surface area contributed by atoms with Crippen LogP contribution in [0.4, 0.5) is 0 Å². The van der Waals surface area contributed by atoms with E-state index in [4.69, 9.17) is 4.74 Å². The summed E-state index contributed by atoms with van der Waals surface area (Å²) in [4.78, 5) is 12.3. The van der Waals surface area contributed by atoms with E-state index in [0.29, 0.717) is 12.3 Å². The lowest BCUT2D eigenvalue weighted by Gasteiger charge is -2.31. The molecule has 0 amide bonds. The van der Waals surface area contributed by atoms with Gasteiger partial charge >= 0.3 is 5.97 Å². The Bertz CT molecular complexity index is 331. The Morgan fingerprint density at radius 3 is 1.84 bits per heavy atom. The van der Waals surface area contributed by atoms with E-state index in [1.165, 1.54) is 51.4 Å². The molecule has 0 aliphatic rings. The fourth-order valence-corrected chi connectivity index (χ4v) is 3.04. The van der Waals surface area contributed by atoms with Crippen molar-refractivity contribution in [3.05, 3.63) is 0 Å². The average molecular weight is 357 g/mol. The first-order valence-corrected chi connectivity index (χ1v) is 10.6. The quantitative estimate of drug-likeness (QED) is 0.278. The van der Waals surface area contributed by atoms with Gasteiger partial charge in [-0.3, -0.25) is 4.79 Å². The van der Waals surface area contributed by atoms with Gasteiger partial charge in [0.1, 0.15) is 6.10 Å². The molecular formula is C22H44O3. The molecule has 0 radical (unpaired) electrons. The fourth-order valence-electron chi connectivity index (χ4n) is 3.04. The van der Waals surface area contributed by atoms with Gasteiger partial charge in [0.2, 0.25) is 0 Å². The van der Waals surface area contributed by atoms with Gasteiger partial charge < -0.3 is 9.84 Å². The maximum atomic E-state index is 12.3. The zero-order valence-electron chi connectivity index (χ0n) is 17.8. The second-order valence-corrected chi connectivity index (χ2v) is 8.73. The summed E-state index contributed by atoms with van der Waals surface area (Å²) >= 11 is 0. The molecule has 0 aromatic rings. The summed E-state index contributed by atoms with van der Waals surface area (Å²) in [6.07, 6.45) is 12.8. The highest BCUT2D eigenvalue weighted by atomic mass is 16.6. The lowest BCUT2D eigenvalue weighted by molar-refractivity contribution is -0.168. The Balaban J connectivity index is 3.93. The van der Waals surface area contributed by atoms with Crippen molar-refractivity contribution in [3.63, 3.8) is 0 Å². The topological polar surface area (TPSA) is 46.5 Å². The van der Waals surface area contributed by atoms with Crippen LogP contribution in [0.2, 0.25) is 0 Å². The molecule has 150 valence electrons. The summed E-state index contributed by atoms with van der Waals surface area (Å²) in [7, 11) is 0. The number of unbranched alkanes of at least 4 members (excludes halogenated alkanes) is 8. The molecule has 3 heteroatoms. The number of carbonyl (C=O) groups is 1. The summed E-state index contributed by atoms with van der Waals surface area (Å²) < 4.78 is 5.63. The van der Waals surface area contributed by atoms with Crippen LogP contribution < -0.4 is 0 Å². The van der Waals surface area contributed by atoms with Gasteiger partial charge in [-0.2, -0.15) is 0 Å². The normalized spacial score (nSPS) is 14.6. The predicted molar refractivity (Wildman–Crippen MR) is 107 cm³/mol. The first kappa shape index (κ1) is 24.4. The molecule has 0 aliphatic heterocycles. The van der Waals surface area contributed by atoms with Crippen molar-refractivity contribution in [1.29, 1.82) is 0 Å². The van der Waals surface area contributed by atoms with Gasteiger partial charge in [0.15, 0.2) is 0 Å². The van der Waals surface area contributed by atoms with Crippen LogP contribution in [0.5, 0.6) is 0 Å². The zero-order chi connectivity index (χ0) is 19.3. The maximum Gasteiger partial charge on any atom is 0.309 e. The van der Waals surface area contributed by atoms with E-state index < -0.39 is 11.7 Å². The molecule has 25 heavy (non-hydrogen) atoms. The fraction of sp³-hybridized carbons (Fsp3) is 0.955. The van der Waals surface area contributed by atoms with E-state index in [0.717, 1.165) is 12.8 Å². The molecule has 3 nitrogen and oxygen atoms in total. The molecule has 0 rings (SSSR count). The minimum Gasteiger partial charge on any atom is -0.459 e. The van der Waals surface area contributed by atoms with Crippen LogP contribution in [0.1, 0.15) is 112 Å². The third kappa shape index (κ3) is 13.3. The molecule has 2 unspecified atom stereocenters. The number of aliphatic hydroxyl groups is 1. The molecular weight excluding hydrogens is 312 g/mol. The summed E-state index contributed by atoms with van der Waals surface area (Å²) in [6.45, 7) is 11.8. The summed E-state index contributed by atoms with van der Waals surface area (Å²) in [6, 6.07) is 0. The second kappa shape index (κ2) is 13.6. The molecule has 0 heterocycles. The van der Waals surface area contributed by atoms with Crippen LogP contribution in [0, 0.1) is 11.8 Å². The Kier molecular flexibility index (Phi) is 13.3. The number of rotatable bonds is 15. The molecule has 2 atom stereocenters. The Labute approximate surface area is 156 Å². The van der Waals surface area contributed by atoms with Gasteiger partial charge in [0.05, 0.1) is 11.5 Å². The lowest BCUT2D eigenvalue weighted by Crippen LogP contribution is -2.41. The predicted octanol–water partition coefficient (Wildman–Crippen LogP) is 6.27. The van der Waals surface area contributed by atoms with Crippen LogP contribution in [0.25, 0.3) is 0 Å². The molecule has 0 aromatic carbocycles. The third-order valence-electron chi connectivity index (χ3n) is 4.87. The van der Waals surface area contributed by atoms with Crippen LogP contribution in [-0.4, -0.2) is 22.8 Å². The Hall–Kier alpha value is -0.570. The van der Waals surface area contributed by atoms with Crippen LogP contribution in [-0.2, 0) is 9.53 Å². The number of ether oxygens (including phenoxy) is 1. The molecule has 0 fully saturated rings. The van der Waals surface area contributed by atoms with Crippen molar-refractivity contribution in [1.82, 2.24) is 0 Å². The minimum absolute atomic E-state index is 0.0819. The van der Waals surface area contributed by atoms with Crippen molar-refractivity contribution in [2.24, 2.45) is 11.8 Å². The van der Waals surface area contributed by atoms with Crippen molar-refractivity contribution in [2.45, 2.75) is 124 Å². The van der Waals surface area contributed by atoms with Crippen LogP contribution in [0.3, 0.4) is 0 Å². The molecule has 1 N–H and O–H groups in total. The summed E-state index contributed by atoms with van der Waals surface area (Å²) in [5.41, 5.74) is -0.989. The van der Waals surface area contributed by atoms with Crippen molar-refractivity contribution in [3.8, 4) is 0 Å². The molecule has 0 bridgehead atoms. The van der Waals surface area contributed by atoms with E-state index in [2.05, 4.69) is 20.8 Å². The van der Waals surface area contributed by atoms with Crippen molar-refractivity contribution < 1.29 is 14.6 Å². The molecule has 0 aliphatic carbocycles. The van der Waals surface area contributed by atoms with Crippen LogP contribution >= 0.6 is 0 Å². The van der Waals surface area contributed by atoms with E-state index in [1.807, 2.05) is 6.92 Å². The van der Waals surface area contributed by atoms with Gasteiger partial charge in [0.25, 0.3) is 0 Å². The highest BCUT2D eigenvalue weighted by molar-refractivity contribution is 5.72. The highest BCUT2D eigenvalue weighted by Crippen LogP contribution is 2.23. The highest BCUT2D eigenvalue weighted by Gasteiger charge is 2.32. The average Bonchev–Trinajstić information content (AvgIpc) is 2.51. The van der Waals surface area contributed by atoms with E-state index in [-0.39, 0.29) is 11.9 Å². The molecule has 0 saturated carbocycles. The number of carbonyl (C=O) groups excluding carboxylic acids is 1.